The largest absolute Gasteiger partial charge is 0.476 e. The summed E-state index contributed by atoms with van der Waals surface area (Å²) in [5, 5.41) is 10.2. The molecule has 94 valence electrons. The summed E-state index contributed by atoms with van der Waals surface area (Å²) in [6.45, 7) is 1.40. The number of carboxylic acids is 1. The van der Waals surface area contributed by atoms with Crippen LogP contribution in [0.25, 0.3) is 0 Å². The van der Waals surface area contributed by atoms with Crippen LogP contribution in [0.15, 0.2) is 0 Å². The van der Waals surface area contributed by atoms with Crippen molar-refractivity contribution in [2.45, 2.75) is 13.1 Å². The zero-order valence-corrected chi connectivity index (χ0v) is 8.79. The van der Waals surface area contributed by atoms with Gasteiger partial charge in [0.05, 0.1) is 0 Å². The van der Waals surface area contributed by atoms with Crippen LogP contribution in [-0.2, 0) is 11.8 Å². The molecule has 9 heteroatoms. The number of aromatic nitrogens is 2. The highest BCUT2D eigenvalue weighted by Gasteiger charge is 2.40. The lowest BCUT2D eigenvalue weighted by atomic mass is 10.4. The van der Waals surface area contributed by atoms with Crippen LogP contribution in [-0.4, -0.2) is 32.7 Å². The number of imidazole rings is 1. The Morgan fingerprint density at radius 2 is 1.94 bits per heavy atom. The van der Waals surface area contributed by atoms with Crippen molar-refractivity contribution >= 4 is 17.7 Å². The molecule has 17 heavy (non-hydrogen) atoms. The Kier molecular flexibility index (Phi) is 3.12. The number of carboxylic acid groups (broad SMARTS) is 1. The van der Waals surface area contributed by atoms with E-state index in [1.807, 2.05) is 0 Å². The summed E-state index contributed by atoms with van der Waals surface area (Å²) in [6, 6.07) is 0. The monoisotopic (exact) mass is 251 g/mol. The Labute approximate surface area is 93.1 Å². The summed E-state index contributed by atoms with van der Waals surface area (Å²) in [5.74, 6) is -4.11. The topological polar surface area (TPSA) is 84.2 Å². The summed E-state index contributed by atoms with van der Waals surface area (Å²) in [7, 11) is 1.29. The van der Waals surface area contributed by atoms with Gasteiger partial charge >= 0.3 is 18.1 Å². The number of hydrogen-bond acceptors (Lipinski definition) is 3. The van der Waals surface area contributed by atoms with Crippen LogP contribution < -0.4 is 5.32 Å². The van der Waals surface area contributed by atoms with Crippen molar-refractivity contribution in [2.24, 2.45) is 7.05 Å². The fraction of sp³-hybridized carbons (Fsp3) is 0.375. The van der Waals surface area contributed by atoms with Gasteiger partial charge in [-0.15, -0.1) is 0 Å². The molecule has 6 nitrogen and oxygen atoms in total. The van der Waals surface area contributed by atoms with Gasteiger partial charge in [0.15, 0.2) is 5.69 Å². The molecule has 1 amide bonds. The maximum absolute atomic E-state index is 12.0. The first kappa shape index (κ1) is 13.0. The Balaban J connectivity index is 3.14. The number of amides is 1. The van der Waals surface area contributed by atoms with Crippen LogP contribution in [0, 0.1) is 6.92 Å². The number of halogens is 3. The number of nitrogens with zero attached hydrogens (tertiary/aromatic N) is 2. The molecule has 0 fully saturated rings. The van der Waals surface area contributed by atoms with Gasteiger partial charge in [-0.3, -0.25) is 4.79 Å². The lowest BCUT2D eigenvalue weighted by Gasteiger charge is -2.09. The quantitative estimate of drug-likeness (QED) is 0.818. The molecule has 1 heterocycles. The van der Waals surface area contributed by atoms with Crippen molar-refractivity contribution in [2.75, 3.05) is 5.32 Å². The first-order valence-corrected chi connectivity index (χ1v) is 4.29. The normalized spacial score (nSPS) is 11.4. The molecule has 1 rings (SSSR count). The van der Waals surface area contributed by atoms with Crippen LogP contribution in [0.5, 0.6) is 0 Å². The Bertz CT molecular complexity index is 478. The molecule has 0 radical (unpaired) electrons. The minimum absolute atomic E-state index is 0.167. The van der Waals surface area contributed by atoms with E-state index in [0.717, 1.165) is 4.57 Å². The first-order valence-electron chi connectivity index (χ1n) is 4.29. The molecule has 1 aromatic rings. The molecular weight excluding hydrogens is 243 g/mol. The number of anilines is 1. The number of nitrogens with one attached hydrogen (secondary N) is 1. The third kappa shape index (κ3) is 2.55. The number of rotatable bonds is 2. The SMILES string of the molecule is Cc1nc(C(=O)O)c(NC(=O)C(F)(F)F)n1C. The summed E-state index contributed by atoms with van der Waals surface area (Å²) < 4.78 is 37.1. The first-order chi connectivity index (χ1) is 7.64. The smallest absolute Gasteiger partial charge is 0.471 e. The molecule has 0 aromatic carbocycles. The zero-order valence-electron chi connectivity index (χ0n) is 8.79. The maximum Gasteiger partial charge on any atom is 0.471 e. The van der Waals surface area contributed by atoms with Crippen molar-refractivity contribution in [3.8, 4) is 0 Å². The molecule has 0 saturated carbocycles. The van der Waals surface area contributed by atoms with E-state index in [4.69, 9.17) is 5.11 Å². The minimum Gasteiger partial charge on any atom is -0.476 e. The van der Waals surface area contributed by atoms with Crippen molar-refractivity contribution in [1.29, 1.82) is 0 Å². The highest BCUT2D eigenvalue weighted by molar-refractivity contribution is 6.00. The molecular formula is C8H8F3N3O3. The van der Waals surface area contributed by atoms with Crippen LogP contribution in [0.4, 0.5) is 19.0 Å². The summed E-state index contributed by atoms with van der Waals surface area (Å²) in [4.78, 5) is 24.9. The molecule has 1 aromatic heterocycles. The summed E-state index contributed by atoms with van der Waals surface area (Å²) in [5.41, 5.74) is -0.636. The van der Waals surface area contributed by atoms with Gasteiger partial charge in [-0.2, -0.15) is 13.2 Å². The van der Waals surface area contributed by atoms with Crippen LogP contribution in [0.2, 0.25) is 0 Å². The second kappa shape index (κ2) is 4.07. The van der Waals surface area contributed by atoms with E-state index in [1.165, 1.54) is 19.3 Å². The number of hydrogen-bond donors (Lipinski definition) is 2. The van der Waals surface area contributed by atoms with Gasteiger partial charge in [-0.05, 0) is 6.92 Å². The maximum atomic E-state index is 12.0. The van der Waals surface area contributed by atoms with Gasteiger partial charge in [-0.25, -0.2) is 9.78 Å². The molecule has 0 unspecified atom stereocenters. The predicted octanol–water partition coefficient (Wildman–Crippen LogP) is 0.928. The van der Waals surface area contributed by atoms with Gasteiger partial charge in [-0.1, -0.05) is 0 Å². The fourth-order valence-corrected chi connectivity index (χ4v) is 1.08. The van der Waals surface area contributed by atoms with Crippen LogP contribution in [0.3, 0.4) is 0 Å². The van der Waals surface area contributed by atoms with Crippen molar-refractivity contribution in [3.63, 3.8) is 0 Å². The minimum atomic E-state index is -5.09. The molecule has 0 atom stereocenters. The average Bonchev–Trinajstić information content (AvgIpc) is 2.44. The van der Waals surface area contributed by atoms with Crippen molar-refractivity contribution < 1.29 is 27.9 Å². The number of carbonyl (C=O) groups excluding carboxylic acids is 1. The standard InChI is InChI=1S/C8H8F3N3O3/c1-3-12-4(6(15)16)5(14(3)2)13-7(17)8(9,10)11/h1-2H3,(H,13,17)(H,15,16). The van der Waals surface area contributed by atoms with E-state index < -0.39 is 29.6 Å². The molecule has 0 saturated heterocycles. The summed E-state index contributed by atoms with van der Waals surface area (Å²) >= 11 is 0. The summed E-state index contributed by atoms with van der Waals surface area (Å²) in [6.07, 6.45) is -5.09. The van der Waals surface area contributed by atoms with Gasteiger partial charge in [0.2, 0.25) is 0 Å². The molecule has 0 aliphatic heterocycles. The van der Waals surface area contributed by atoms with Crippen LogP contribution in [0.1, 0.15) is 16.3 Å². The molecule has 0 spiro atoms. The van der Waals surface area contributed by atoms with E-state index in [-0.39, 0.29) is 5.82 Å². The molecule has 0 aliphatic carbocycles. The third-order valence-corrected chi connectivity index (χ3v) is 2.01. The number of aryl methyl sites for hydroxylation is 1. The number of alkyl halides is 3. The van der Waals surface area contributed by atoms with Crippen LogP contribution >= 0.6 is 0 Å². The van der Waals surface area contributed by atoms with Gasteiger partial charge in [0.25, 0.3) is 0 Å². The molecule has 0 aliphatic rings. The van der Waals surface area contributed by atoms with E-state index in [1.54, 1.807) is 0 Å². The second-order valence-corrected chi connectivity index (χ2v) is 3.17. The Morgan fingerprint density at radius 1 is 1.41 bits per heavy atom. The van der Waals surface area contributed by atoms with Gasteiger partial charge in [0, 0.05) is 7.05 Å². The highest BCUT2D eigenvalue weighted by Crippen LogP contribution is 2.21. The van der Waals surface area contributed by atoms with Gasteiger partial charge < -0.3 is 15.0 Å². The molecule has 0 bridgehead atoms. The zero-order chi connectivity index (χ0) is 13.4. The van der Waals surface area contributed by atoms with E-state index in [2.05, 4.69) is 4.98 Å². The second-order valence-electron chi connectivity index (χ2n) is 3.17. The molecule has 2 N–H and O–H groups in total. The number of aromatic carboxylic acids is 1. The lowest BCUT2D eigenvalue weighted by Crippen LogP contribution is -2.31. The fourth-order valence-electron chi connectivity index (χ4n) is 1.08. The lowest BCUT2D eigenvalue weighted by molar-refractivity contribution is -0.167. The predicted molar refractivity (Wildman–Crippen MR) is 49.6 cm³/mol. The van der Waals surface area contributed by atoms with E-state index in [0.29, 0.717) is 0 Å². The highest BCUT2D eigenvalue weighted by atomic mass is 19.4. The van der Waals surface area contributed by atoms with Crippen molar-refractivity contribution in [1.82, 2.24) is 9.55 Å². The Hall–Kier alpha value is -2.06. The third-order valence-electron chi connectivity index (χ3n) is 2.01. The number of carbonyl (C=O) groups is 2. The van der Waals surface area contributed by atoms with Gasteiger partial charge in [0.1, 0.15) is 11.6 Å². The average molecular weight is 251 g/mol. The van der Waals surface area contributed by atoms with E-state index >= 15 is 0 Å². The van der Waals surface area contributed by atoms with E-state index in [9.17, 15) is 22.8 Å². The van der Waals surface area contributed by atoms with Crippen molar-refractivity contribution in [3.05, 3.63) is 11.5 Å². The Morgan fingerprint density at radius 3 is 2.35 bits per heavy atom.